The Kier molecular flexibility index (Phi) is 6.02. The second-order valence-electron chi connectivity index (χ2n) is 7.57. The minimum Gasteiger partial charge on any atom is -0.477 e. The number of amides is 1. The molecule has 30 heavy (non-hydrogen) atoms. The van der Waals surface area contributed by atoms with E-state index in [4.69, 9.17) is 9.15 Å². The lowest BCUT2D eigenvalue weighted by Gasteiger charge is -2.24. The normalized spacial score (nSPS) is 15.1. The van der Waals surface area contributed by atoms with E-state index in [1.165, 1.54) is 11.3 Å². The van der Waals surface area contributed by atoms with Gasteiger partial charge in [-0.05, 0) is 43.5 Å². The first kappa shape index (κ1) is 20.0. The molecular formula is C24H27N3O3. The molecule has 3 aromatic rings. The Morgan fingerprint density at radius 1 is 1.27 bits per heavy atom. The van der Waals surface area contributed by atoms with E-state index in [1.807, 2.05) is 25.1 Å². The number of anilines is 1. The number of fused-ring (bicyclic) bond motifs is 1. The highest BCUT2D eigenvalue weighted by Crippen LogP contribution is 2.33. The molecule has 1 aliphatic rings. The monoisotopic (exact) mass is 405 g/mol. The van der Waals surface area contributed by atoms with Crippen LogP contribution in [0.15, 0.2) is 59.3 Å². The Balaban J connectivity index is 1.44. The van der Waals surface area contributed by atoms with Gasteiger partial charge in [0.25, 0.3) is 5.91 Å². The molecule has 156 valence electrons. The van der Waals surface area contributed by atoms with Crippen molar-refractivity contribution in [3.8, 4) is 5.88 Å². The SMILES string of the molecule is CCCOc1ncccc1CNC(=O)c1ccoc1CN1c2ccccc2CC1C. The van der Waals surface area contributed by atoms with Crippen LogP contribution in [-0.2, 0) is 19.5 Å². The summed E-state index contributed by atoms with van der Waals surface area (Å²) < 4.78 is 11.4. The van der Waals surface area contributed by atoms with Crippen LogP contribution < -0.4 is 15.0 Å². The molecule has 6 nitrogen and oxygen atoms in total. The number of hydrogen-bond donors (Lipinski definition) is 1. The second-order valence-corrected chi connectivity index (χ2v) is 7.57. The number of ether oxygens (including phenoxy) is 1. The maximum absolute atomic E-state index is 12.9. The number of pyridine rings is 1. The Hall–Kier alpha value is -3.28. The molecule has 2 aromatic heterocycles. The summed E-state index contributed by atoms with van der Waals surface area (Å²) in [5, 5.41) is 2.98. The zero-order valence-corrected chi connectivity index (χ0v) is 17.4. The smallest absolute Gasteiger partial charge is 0.255 e. The Morgan fingerprint density at radius 2 is 2.13 bits per heavy atom. The second kappa shape index (κ2) is 9.03. The number of aromatic nitrogens is 1. The van der Waals surface area contributed by atoms with Crippen molar-refractivity contribution in [1.82, 2.24) is 10.3 Å². The zero-order chi connectivity index (χ0) is 20.9. The largest absolute Gasteiger partial charge is 0.477 e. The van der Waals surface area contributed by atoms with Crippen LogP contribution in [0.2, 0.25) is 0 Å². The molecule has 0 bridgehead atoms. The summed E-state index contributed by atoms with van der Waals surface area (Å²) >= 11 is 0. The molecule has 0 radical (unpaired) electrons. The summed E-state index contributed by atoms with van der Waals surface area (Å²) in [4.78, 5) is 19.4. The first-order chi connectivity index (χ1) is 14.7. The number of nitrogens with zero attached hydrogens (tertiary/aromatic N) is 2. The molecule has 0 spiro atoms. The molecule has 1 aromatic carbocycles. The van der Waals surface area contributed by atoms with Crippen LogP contribution >= 0.6 is 0 Å². The summed E-state index contributed by atoms with van der Waals surface area (Å²) in [6.45, 7) is 5.75. The number of hydrogen-bond acceptors (Lipinski definition) is 5. The van der Waals surface area contributed by atoms with E-state index < -0.39 is 0 Å². The summed E-state index contributed by atoms with van der Waals surface area (Å²) in [6.07, 6.45) is 5.18. The van der Waals surface area contributed by atoms with Gasteiger partial charge in [0, 0.05) is 30.0 Å². The van der Waals surface area contributed by atoms with Crippen molar-refractivity contribution in [3.05, 3.63) is 77.4 Å². The zero-order valence-electron chi connectivity index (χ0n) is 17.4. The Morgan fingerprint density at radius 3 is 3.00 bits per heavy atom. The fraction of sp³-hybridized carbons (Fsp3) is 0.333. The van der Waals surface area contributed by atoms with Crippen molar-refractivity contribution < 1.29 is 13.9 Å². The number of carbonyl (C=O) groups excluding carboxylic acids is 1. The van der Waals surface area contributed by atoms with Crippen LogP contribution in [-0.4, -0.2) is 23.5 Å². The van der Waals surface area contributed by atoms with Crippen LogP contribution in [0.3, 0.4) is 0 Å². The molecule has 1 atom stereocenters. The molecule has 1 N–H and O–H groups in total. The van der Waals surface area contributed by atoms with E-state index in [1.54, 1.807) is 18.5 Å². The van der Waals surface area contributed by atoms with Crippen molar-refractivity contribution >= 4 is 11.6 Å². The lowest BCUT2D eigenvalue weighted by molar-refractivity contribution is 0.0948. The number of benzene rings is 1. The predicted octanol–water partition coefficient (Wildman–Crippen LogP) is 4.34. The summed E-state index contributed by atoms with van der Waals surface area (Å²) in [5.41, 5.74) is 3.96. The number of carbonyl (C=O) groups is 1. The summed E-state index contributed by atoms with van der Waals surface area (Å²) in [7, 11) is 0. The lowest BCUT2D eigenvalue weighted by Crippen LogP contribution is -2.30. The van der Waals surface area contributed by atoms with Gasteiger partial charge < -0.3 is 19.4 Å². The summed E-state index contributed by atoms with van der Waals surface area (Å²) in [5.74, 6) is 1.07. The van der Waals surface area contributed by atoms with Crippen LogP contribution in [0, 0.1) is 0 Å². The first-order valence-electron chi connectivity index (χ1n) is 10.4. The van der Waals surface area contributed by atoms with Gasteiger partial charge in [0.05, 0.1) is 25.0 Å². The molecule has 1 unspecified atom stereocenters. The van der Waals surface area contributed by atoms with Gasteiger partial charge in [-0.1, -0.05) is 31.2 Å². The average Bonchev–Trinajstić information content (AvgIpc) is 3.36. The third-order valence-electron chi connectivity index (χ3n) is 5.38. The Bertz CT molecular complexity index is 1010. The van der Waals surface area contributed by atoms with Crippen molar-refractivity contribution in [2.45, 2.75) is 45.8 Å². The standard InChI is InChI=1S/C24H27N3O3/c1-3-12-30-24-19(8-6-11-25-24)15-26-23(28)20-10-13-29-22(20)16-27-17(2)14-18-7-4-5-9-21(18)27/h4-11,13,17H,3,12,14-16H2,1-2H3,(H,26,28). The summed E-state index contributed by atoms with van der Waals surface area (Å²) in [6, 6.07) is 14.2. The fourth-order valence-corrected chi connectivity index (χ4v) is 3.85. The van der Waals surface area contributed by atoms with Gasteiger partial charge in [-0.2, -0.15) is 0 Å². The maximum atomic E-state index is 12.9. The van der Waals surface area contributed by atoms with Gasteiger partial charge in [-0.3, -0.25) is 4.79 Å². The van der Waals surface area contributed by atoms with E-state index in [-0.39, 0.29) is 5.91 Å². The van der Waals surface area contributed by atoms with E-state index in [0.29, 0.717) is 42.9 Å². The van der Waals surface area contributed by atoms with Gasteiger partial charge in [-0.25, -0.2) is 4.98 Å². The molecule has 3 heterocycles. The highest BCUT2D eigenvalue weighted by atomic mass is 16.5. The molecule has 0 saturated carbocycles. The van der Waals surface area contributed by atoms with Crippen LogP contribution in [0.5, 0.6) is 5.88 Å². The number of nitrogens with one attached hydrogen (secondary N) is 1. The molecule has 1 aliphatic heterocycles. The lowest BCUT2D eigenvalue weighted by atomic mass is 10.1. The quantitative estimate of drug-likeness (QED) is 0.604. The fourth-order valence-electron chi connectivity index (χ4n) is 3.85. The number of para-hydroxylation sites is 1. The average molecular weight is 405 g/mol. The van der Waals surface area contributed by atoms with Crippen molar-refractivity contribution in [2.24, 2.45) is 0 Å². The predicted molar refractivity (Wildman–Crippen MR) is 116 cm³/mol. The molecule has 0 fully saturated rings. The van der Waals surface area contributed by atoms with Gasteiger partial charge >= 0.3 is 0 Å². The van der Waals surface area contributed by atoms with Gasteiger partial charge in [0.1, 0.15) is 5.76 Å². The number of furan rings is 1. The van der Waals surface area contributed by atoms with Crippen molar-refractivity contribution in [3.63, 3.8) is 0 Å². The maximum Gasteiger partial charge on any atom is 0.255 e. The minimum atomic E-state index is -0.163. The van der Waals surface area contributed by atoms with Crippen LogP contribution in [0.25, 0.3) is 0 Å². The van der Waals surface area contributed by atoms with E-state index in [2.05, 4.69) is 40.3 Å². The minimum absolute atomic E-state index is 0.163. The molecular weight excluding hydrogens is 378 g/mol. The van der Waals surface area contributed by atoms with Gasteiger partial charge in [0.2, 0.25) is 5.88 Å². The highest BCUT2D eigenvalue weighted by Gasteiger charge is 2.28. The van der Waals surface area contributed by atoms with Crippen molar-refractivity contribution in [2.75, 3.05) is 11.5 Å². The molecule has 6 heteroatoms. The Labute approximate surface area is 176 Å². The molecule has 0 aliphatic carbocycles. The van der Waals surface area contributed by atoms with Gasteiger partial charge in [0.15, 0.2) is 0 Å². The first-order valence-corrected chi connectivity index (χ1v) is 10.4. The topological polar surface area (TPSA) is 67.6 Å². The van der Waals surface area contributed by atoms with Crippen molar-refractivity contribution in [1.29, 1.82) is 0 Å². The van der Waals surface area contributed by atoms with Crippen LogP contribution in [0.1, 0.15) is 47.5 Å². The third kappa shape index (κ3) is 4.17. The molecule has 4 rings (SSSR count). The highest BCUT2D eigenvalue weighted by molar-refractivity contribution is 5.95. The van der Waals surface area contributed by atoms with Crippen LogP contribution in [0.4, 0.5) is 5.69 Å². The van der Waals surface area contributed by atoms with E-state index in [9.17, 15) is 4.79 Å². The molecule has 1 amide bonds. The third-order valence-corrected chi connectivity index (χ3v) is 5.38. The van der Waals surface area contributed by atoms with E-state index in [0.717, 1.165) is 18.4 Å². The molecule has 0 saturated heterocycles. The van der Waals surface area contributed by atoms with Gasteiger partial charge in [-0.15, -0.1) is 0 Å². The van der Waals surface area contributed by atoms with E-state index >= 15 is 0 Å². The number of rotatable bonds is 8.